The highest BCUT2D eigenvalue weighted by Crippen LogP contribution is 2.27. The third-order valence-corrected chi connectivity index (χ3v) is 2.40. The van der Waals surface area contributed by atoms with Gasteiger partial charge in [-0.25, -0.2) is 8.78 Å². The monoisotopic (exact) mass is 200 g/mol. The van der Waals surface area contributed by atoms with Gasteiger partial charge in [-0.2, -0.15) is 0 Å². The number of rotatable bonds is 2. The molecule has 1 N–H and O–H groups in total. The molecule has 1 aromatic carbocycles. The van der Waals surface area contributed by atoms with Crippen molar-refractivity contribution in [1.29, 1.82) is 0 Å². The number of benzene rings is 1. The van der Waals surface area contributed by atoms with Crippen LogP contribution in [0.1, 0.15) is 25.0 Å². The summed E-state index contributed by atoms with van der Waals surface area (Å²) in [6.07, 6.45) is 0. The number of aryl methyl sites for hydroxylation is 1. The third-order valence-electron chi connectivity index (χ3n) is 2.40. The number of hydrogen-bond donors (Lipinski definition) is 1. The Kier molecular flexibility index (Phi) is 2.90. The minimum Gasteiger partial charge on any atom is -0.395 e. The Bertz CT molecular complexity index is 345. The van der Waals surface area contributed by atoms with Crippen LogP contribution < -0.4 is 0 Å². The van der Waals surface area contributed by atoms with Crippen LogP contribution in [0.2, 0.25) is 0 Å². The molecule has 0 bridgehead atoms. The second kappa shape index (κ2) is 3.65. The molecular formula is C11H14F2O. The summed E-state index contributed by atoms with van der Waals surface area (Å²) in [4.78, 5) is 0. The summed E-state index contributed by atoms with van der Waals surface area (Å²) in [7, 11) is 0. The fraction of sp³-hybridized carbons (Fsp3) is 0.455. The first kappa shape index (κ1) is 11.1. The number of aliphatic hydroxyl groups excluding tert-OH is 1. The second-order valence-corrected chi connectivity index (χ2v) is 4.10. The van der Waals surface area contributed by atoms with Gasteiger partial charge in [0.15, 0.2) is 11.6 Å². The van der Waals surface area contributed by atoms with Gasteiger partial charge < -0.3 is 5.11 Å². The van der Waals surface area contributed by atoms with Crippen molar-refractivity contribution in [3.63, 3.8) is 0 Å². The molecule has 0 aliphatic rings. The van der Waals surface area contributed by atoms with Gasteiger partial charge in [0, 0.05) is 5.41 Å². The van der Waals surface area contributed by atoms with Gasteiger partial charge in [-0.05, 0) is 18.1 Å². The van der Waals surface area contributed by atoms with Crippen LogP contribution in [0.4, 0.5) is 8.78 Å². The first-order chi connectivity index (χ1) is 6.40. The maximum absolute atomic E-state index is 13.5. The largest absolute Gasteiger partial charge is 0.395 e. The molecule has 1 rings (SSSR count). The zero-order valence-corrected chi connectivity index (χ0v) is 8.56. The molecule has 1 nitrogen and oxygen atoms in total. The maximum Gasteiger partial charge on any atom is 0.162 e. The Hall–Kier alpha value is -0.960. The van der Waals surface area contributed by atoms with E-state index >= 15 is 0 Å². The predicted octanol–water partition coefficient (Wildman–Crippen LogP) is 2.54. The first-order valence-electron chi connectivity index (χ1n) is 4.46. The molecule has 0 heterocycles. The van der Waals surface area contributed by atoms with E-state index in [0.29, 0.717) is 0 Å². The Morgan fingerprint density at radius 1 is 1.21 bits per heavy atom. The lowest BCUT2D eigenvalue weighted by Crippen LogP contribution is -2.24. The van der Waals surface area contributed by atoms with Crippen LogP contribution in [0.15, 0.2) is 12.1 Å². The normalized spacial score (nSPS) is 11.9. The fourth-order valence-electron chi connectivity index (χ4n) is 1.25. The van der Waals surface area contributed by atoms with E-state index in [9.17, 15) is 8.78 Å². The van der Waals surface area contributed by atoms with Crippen molar-refractivity contribution in [3.05, 3.63) is 34.9 Å². The second-order valence-electron chi connectivity index (χ2n) is 4.10. The van der Waals surface area contributed by atoms with Gasteiger partial charge in [0.1, 0.15) is 0 Å². The first-order valence-corrected chi connectivity index (χ1v) is 4.46. The quantitative estimate of drug-likeness (QED) is 0.777. The molecule has 3 heteroatoms. The standard InChI is InChI=1S/C11H14F2O/c1-7-4-5-8(10(13)9(7)12)11(2,3)6-14/h4-5,14H,6H2,1-3H3. The Labute approximate surface area is 82.4 Å². The summed E-state index contributed by atoms with van der Waals surface area (Å²) in [5.74, 6) is -1.69. The third kappa shape index (κ3) is 1.77. The molecule has 0 radical (unpaired) electrons. The van der Waals surface area contributed by atoms with Gasteiger partial charge in [-0.1, -0.05) is 26.0 Å². The van der Waals surface area contributed by atoms with Crippen LogP contribution in [0.25, 0.3) is 0 Å². The van der Waals surface area contributed by atoms with Crippen LogP contribution in [-0.4, -0.2) is 11.7 Å². The van der Waals surface area contributed by atoms with Gasteiger partial charge in [0.05, 0.1) is 6.61 Å². The molecule has 0 unspecified atom stereocenters. The Balaban J connectivity index is 3.31. The molecule has 0 aromatic heterocycles. The van der Waals surface area contributed by atoms with Crippen molar-refractivity contribution in [2.75, 3.05) is 6.61 Å². The lowest BCUT2D eigenvalue weighted by Gasteiger charge is -2.23. The summed E-state index contributed by atoms with van der Waals surface area (Å²) in [5, 5.41) is 9.04. The van der Waals surface area contributed by atoms with E-state index in [1.807, 2.05) is 0 Å². The molecular weight excluding hydrogens is 186 g/mol. The summed E-state index contributed by atoms with van der Waals surface area (Å²) >= 11 is 0. The van der Waals surface area contributed by atoms with E-state index in [1.54, 1.807) is 13.8 Å². The lowest BCUT2D eigenvalue weighted by atomic mass is 9.84. The van der Waals surface area contributed by atoms with E-state index in [1.165, 1.54) is 19.1 Å². The van der Waals surface area contributed by atoms with Gasteiger partial charge >= 0.3 is 0 Å². The topological polar surface area (TPSA) is 20.2 Å². The van der Waals surface area contributed by atoms with Crippen LogP contribution in [-0.2, 0) is 5.41 Å². The highest BCUT2D eigenvalue weighted by atomic mass is 19.2. The molecule has 1 aromatic rings. The van der Waals surface area contributed by atoms with Gasteiger partial charge in [-0.3, -0.25) is 0 Å². The molecule has 0 aliphatic heterocycles. The number of aliphatic hydroxyl groups is 1. The smallest absolute Gasteiger partial charge is 0.162 e. The summed E-state index contributed by atoms with van der Waals surface area (Å²) < 4.78 is 26.7. The van der Waals surface area contributed by atoms with Gasteiger partial charge in [-0.15, -0.1) is 0 Å². The molecule has 14 heavy (non-hydrogen) atoms. The minimum atomic E-state index is -0.857. The van der Waals surface area contributed by atoms with E-state index < -0.39 is 17.0 Å². The van der Waals surface area contributed by atoms with E-state index in [-0.39, 0.29) is 17.7 Å². The maximum atomic E-state index is 13.5. The number of hydrogen-bond acceptors (Lipinski definition) is 1. The minimum absolute atomic E-state index is 0.211. The Morgan fingerprint density at radius 2 is 1.79 bits per heavy atom. The number of halogens is 2. The van der Waals surface area contributed by atoms with Crippen molar-refractivity contribution in [3.8, 4) is 0 Å². The summed E-state index contributed by atoms with van der Waals surface area (Å²) in [6.45, 7) is 4.63. The molecule has 0 atom stereocenters. The van der Waals surface area contributed by atoms with Gasteiger partial charge in [0.25, 0.3) is 0 Å². The average Bonchev–Trinajstić information content (AvgIpc) is 2.14. The lowest BCUT2D eigenvalue weighted by molar-refractivity contribution is 0.214. The average molecular weight is 200 g/mol. The van der Waals surface area contributed by atoms with Gasteiger partial charge in [0.2, 0.25) is 0 Å². The van der Waals surface area contributed by atoms with E-state index in [0.717, 1.165) is 0 Å². The van der Waals surface area contributed by atoms with Crippen LogP contribution in [0, 0.1) is 18.6 Å². The van der Waals surface area contributed by atoms with Crippen LogP contribution >= 0.6 is 0 Å². The summed E-state index contributed by atoms with van der Waals surface area (Å²) in [5.41, 5.74) is -0.262. The van der Waals surface area contributed by atoms with E-state index in [2.05, 4.69) is 0 Å². The Morgan fingerprint density at radius 3 is 2.29 bits per heavy atom. The highest BCUT2D eigenvalue weighted by molar-refractivity contribution is 5.30. The van der Waals surface area contributed by atoms with Crippen molar-refractivity contribution in [2.24, 2.45) is 0 Å². The van der Waals surface area contributed by atoms with Crippen LogP contribution in [0.5, 0.6) is 0 Å². The fourth-order valence-corrected chi connectivity index (χ4v) is 1.25. The van der Waals surface area contributed by atoms with Crippen molar-refractivity contribution in [2.45, 2.75) is 26.2 Å². The van der Waals surface area contributed by atoms with E-state index in [4.69, 9.17) is 5.11 Å². The molecule has 0 fully saturated rings. The SMILES string of the molecule is Cc1ccc(C(C)(C)CO)c(F)c1F. The zero-order valence-electron chi connectivity index (χ0n) is 8.56. The molecule has 0 aliphatic carbocycles. The van der Waals surface area contributed by atoms with Crippen molar-refractivity contribution >= 4 is 0 Å². The van der Waals surface area contributed by atoms with Crippen molar-refractivity contribution < 1.29 is 13.9 Å². The summed E-state index contributed by atoms with van der Waals surface area (Å²) in [6, 6.07) is 3.04. The van der Waals surface area contributed by atoms with Crippen LogP contribution in [0.3, 0.4) is 0 Å². The zero-order chi connectivity index (χ0) is 10.9. The molecule has 78 valence electrons. The highest BCUT2D eigenvalue weighted by Gasteiger charge is 2.25. The molecule has 0 saturated carbocycles. The predicted molar refractivity (Wildman–Crippen MR) is 51.2 cm³/mol. The molecule has 0 saturated heterocycles. The molecule has 0 spiro atoms. The molecule has 0 amide bonds. The van der Waals surface area contributed by atoms with Crippen molar-refractivity contribution in [1.82, 2.24) is 0 Å².